The monoisotopic (exact) mass is 404 g/mol. The molecule has 4 rings (SSSR count). The van der Waals surface area contributed by atoms with Crippen LogP contribution in [0.1, 0.15) is 43.9 Å². The highest BCUT2D eigenvalue weighted by molar-refractivity contribution is 7.99. The molecular weight excluding hydrogens is 384 g/mol. The maximum atomic E-state index is 13.0. The van der Waals surface area contributed by atoms with Gasteiger partial charge in [0, 0.05) is 12.1 Å². The number of anilines is 1. The maximum Gasteiger partial charge on any atom is 0.272 e. The summed E-state index contributed by atoms with van der Waals surface area (Å²) in [7, 11) is 0. The van der Waals surface area contributed by atoms with Crippen LogP contribution in [0.4, 0.5) is 5.82 Å². The fraction of sp³-hybridized carbons (Fsp3) is 0.444. The number of carbonyl (C=O) groups excluding carboxylic acids is 1. The smallest absolute Gasteiger partial charge is 0.272 e. The molecule has 0 unspecified atom stereocenters. The molecule has 3 heterocycles. The zero-order valence-electron chi connectivity index (χ0n) is 14.9. The van der Waals surface area contributed by atoms with Gasteiger partial charge in [-0.3, -0.25) is 14.2 Å². The van der Waals surface area contributed by atoms with Crippen LogP contribution >= 0.6 is 23.1 Å². The number of amides is 1. The molecule has 1 aliphatic rings. The van der Waals surface area contributed by atoms with Gasteiger partial charge in [-0.1, -0.05) is 36.2 Å². The molecular formula is C18H20N4O3S2. The Hall–Kier alpha value is -2.13. The summed E-state index contributed by atoms with van der Waals surface area (Å²) in [5.74, 6) is 0.974. The summed E-state index contributed by atoms with van der Waals surface area (Å²) in [5, 5.41) is 8.97. The SMILES string of the molecule is Cc1cc(NC(=O)CSc2nc3ccsc3c(=O)n2C2CCCCC2)no1. The Kier molecular flexibility index (Phi) is 5.31. The molecule has 0 radical (unpaired) electrons. The van der Waals surface area contributed by atoms with Crippen LogP contribution in [0.3, 0.4) is 0 Å². The highest BCUT2D eigenvalue weighted by Crippen LogP contribution is 2.31. The normalized spacial score (nSPS) is 15.3. The Labute approximate surface area is 164 Å². The standard InChI is InChI=1S/C18H20N4O3S2/c1-11-9-14(21-25-11)20-15(23)10-27-18-19-13-7-8-26-16(13)17(24)22(18)12-5-3-2-4-6-12/h7-9,12H,2-6,10H2,1H3,(H,20,21,23). The van der Waals surface area contributed by atoms with Crippen LogP contribution in [0.25, 0.3) is 10.2 Å². The lowest BCUT2D eigenvalue weighted by Gasteiger charge is -2.25. The number of thiophene rings is 1. The van der Waals surface area contributed by atoms with Crippen molar-refractivity contribution in [2.24, 2.45) is 0 Å². The van der Waals surface area contributed by atoms with Crippen molar-refractivity contribution in [1.29, 1.82) is 0 Å². The number of rotatable bonds is 5. The highest BCUT2D eigenvalue weighted by atomic mass is 32.2. The molecule has 0 aromatic carbocycles. The Morgan fingerprint density at radius 1 is 1.41 bits per heavy atom. The van der Waals surface area contributed by atoms with Crippen molar-refractivity contribution in [3.63, 3.8) is 0 Å². The number of hydrogen-bond acceptors (Lipinski definition) is 7. The average Bonchev–Trinajstić information content (AvgIpc) is 3.30. The number of nitrogens with zero attached hydrogens (tertiary/aromatic N) is 3. The summed E-state index contributed by atoms with van der Waals surface area (Å²) in [6.07, 6.45) is 5.42. The Morgan fingerprint density at radius 2 is 2.22 bits per heavy atom. The Bertz CT molecular complexity index is 1020. The summed E-state index contributed by atoms with van der Waals surface area (Å²) < 4.78 is 7.46. The lowest BCUT2D eigenvalue weighted by molar-refractivity contribution is -0.113. The first-order valence-corrected chi connectivity index (χ1v) is 10.8. The van der Waals surface area contributed by atoms with Crippen LogP contribution in [0.15, 0.2) is 32.0 Å². The molecule has 7 nitrogen and oxygen atoms in total. The van der Waals surface area contributed by atoms with E-state index in [2.05, 4.69) is 15.5 Å². The lowest BCUT2D eigenvalue weighted by Crippen LogP contribution is -2.29. The van der Waals surface area contributed by atoms with Gasteiger partial charge in [0.05, 0.1) is 11.3 Å². The first-order chi connectivity index (χ1) is 13.1. The van der Waals surface area contributed by atoms with Gasteiger partial charge in [0.2, 0.25) is 5.91 Å². The third-order valence-electron chi connectivity index (χ3n) is 4.65. The van der Waals surface area contributed by atoms with Crippen molar-refractivity contribution in [2.75, 3.05) is 11.1 Å². The number of aromatic nitrogens is 3. The summed E-state index contributed by atoms with van der Waals surface area (Å²) >= 11 is 2.72. The largest absolute Gasteiger partial charge is 0.360 e. The van der Waals surface area contributed by atoms with E-state index in [0.29, 0.717) is 27.0 Å². The molecule has 1 saturated carbocycles. The van der Waals surface area contributed by atoms with Crippen LogP contribution in [-0.4, -0.2) is 26.4 Å². The van der Waals surface area contributed by atoms with E-state index in [9.17, 15) is 9.59 Å². The van der Waals surface area contributed by atoms with E-state index in [1.807, 2.05) is 16.0 Å². The van der Waals surface area contributed by atoms with Crippen molar-refractivity contribution in [3.05, 3.63) is 33.6 Å². The number of nitrogens with one attached hydrogen (secondary N) is 1. The third-order valence-corrected chi connectivity index (χ3v) is 6.49. The first-order valence-electron chi connectivity index (χ1n) is 8.97. The molecule has 0 saturated heterocycles. The number of hydrogen-bond donors (Lipinski definition) is 1. The minimum absolute atomic E-state index is 0.0111. The second kappa shape index (κ2) is 7.85. The van der Waals surface area contributed by atoms with Gasteiger partial charge >= 0.3 is 0 Å². The van der Waals surface area contributed by atoms with Gasteiger partial charge in [0.1, 0.15) is 10.5 Å². The molecule has 0 aliphatic heterocycles. The maximum absolute atomic E-state index is 13.0. The van der Waals surface area contributed by atoms with Crippen LogP contribution in [0, 0.1) is 6.92 Å². The van der Waals surface area contributed by atoms with E-state index in [-0.39, 0.29) is 23.3 Å². The van der Waals surface area contributed by atoms with Crippen molar-refractivity contribution in [1.82, 2.24) is 14.7 Å². The van der Waals surface area contributed by atoms with Gasteiger partial charge in [0.25, 0.3) is 5.56 Å². The van der Waals surface area contributed by atoms with Gasteiger partial charge in [-0.15, -0.1) is 11.3 Å². The van der Waals surface area contributed by atoms with Gasteiger partial charge in [0.15, 0.2) is 11.0 Å². The lowest BCUT2D eigenvalue weighted by atomic mass is 9.95. The molecule has 3 aromatic heterocycles. The summed E-state index contributed by atoms with van der Waals surface area (Å²) in [6.45, 7) is 1.76. The van der Waals surface area contributed by atoms with Crippen molar-refractivity contribution < 1.29 is 9.32 Å². The molecule has 1 amide bonds. The Balaban J connectivity index is 1.57. The van der Waals surface area contributed by atoms with Crippen molar-refractivity contribution in [3.8, 4) is 0 Å². The van der Waals surface area contributed by atoms with Gasteiger partial charge < -0.3 is 9.84 Å². The van der Waals surface area contributed by atoms with E-state index in [4.69, 9.17) is 4.52 Å². The van der Waals surface area contributed by atoms with Crippen molar-refractivity contribution in [2.45, 2.75) is 50.2 Å². The summed E-state index contributed by atoms with van der Waals surface area (Å²) in [4.78, 5) is 30.0. The van der Waals surface area contributed by atoms with E-state index >= 15 is 0 Å². The predicted octanol–water partition coefficient (Wildman–Crippen LogP) is 3.99. The van der Waals surface area contributed by atoms with Crippen LogP contribution in [-0.2, 0) is 4.79 Å². The average molecular weight is 405 g/mol. The number of fused-ring (bicyclic) bond motifs is 1. The fourth-order valence-corrected chi connectivity index (χ4v) is 5.03. The van der Waals surface area contributed by atoms with Gasteiger partial charge in [-0.05, 0) is 31.2 Å². The van der Waals surface area contributed by atoms with Crippen LogP contribution < -0.4 is 10.9 Å². The molecule has 142 valence electrons. The van der Waals surface area contributed by atoms with Crippen LogP contribution in [0.2, 0.25) is 0 Å². The molecule has 1 aliphatic carbocycles. The van der Waals surface area contributed by atoms with E-state index in [1.54, 1.807) is 13.0 Å². The minimum Gasteiger partial charge on any atom is -0.360 e. The zero-order chi connectivity index (χ0) is 18.8. The van der Waals surface area contributed by atoms with Gasteiger partial charge in [-0.25, -0.2) is 4.98 Å². The molecule has 0 spiro atoms. The Morgan fingerprint density at radius 3 is 2.96 bits per heavy atom. The van der Waals surface area contributed by atoms with Crippen LogP contribution in [0.5, 0.6) is 0 Å². The second-order valence-corrected chi connectivity index (χ2v) is 8.51. The topological polar surface area (TPSA) is 90.0 Å². The van der Waals surface area contributed by atoms with E-state index in [1.165, 1.54) is 29.5 Å². The first kappa shape index (κ1) is 18.2. The third kappa shape index (κ3) is 3.93. The summed E-state index contributed by atoms with van der Waals surface area (Å²) in [5.41, 5.74) is 0.712. The fourth-order valence-electron chi connectivity index (χ4n) is 3.40. The predicted molar refractivity (Wildman–Crippen MR) is 107 cm³/mol. The number of thioether (sulfide) groups is 1. The molecule has 1 N–H and O–H groups in total. The zero-order valence-corrected chi connectivity index (χ0v) is 16.6. The molecule has 1 fully saturated rings. The highest BCUT2D eigenvalue weighted by Gasteiger charge is 2.23. The summed E-state index contributed by atoms with van der Waals surface area (Å²) in [6, 6.07) is 3.68. The minimum atomic E-state index is -0.205. The quantitative estimate of drug-likeness (QED) is 0.511. The number of aryl methyl sites for hydroxylation is 1. The molecule has 0 atom stereocenters. The second-order valence-electron chi connectivity index (χ2n) is 6.66. The molecule has 0 bridgehead atoms. The number of carbonyl (C=O) groups is 1. The van der Waals surface area contributed by atoms with E-state index < -0.39 is 0 Å². The van der Waals surface area contributed by atoms with E-state index in [0.717, 1.165) is 25.7 Å². The van der Waals surface area contributed by atoms with Gasteiger partial charge in [-0.2, -0.15) is 0 Å². The molecule has 9 heteroatoms. The van der Waals surface area contributed by atoms with Crippen molar-refractivity contribution >= 4 is 45.0 Å². The molecule has 27 heavy (non-hydrogen) atoms. The molecule has 3 aromatic rings.